The molecule has 0 aromatic carbocycles. The molecule has 1 atom stereocenters. The molecule has 0 aliphatic rings. The third-order valence-corrected chi connectivity index (χ3v) is 2.11. The SMILES string of the molecule is CCOC(C)c1nc(C)cc(CCN)n1. The van der Waals surface area contributed by atoms with Gasteiger partial charge in [0.1, 0.15) is 6.10 Å². The topological polar surface area (TPSA) is 61.0 Å². The van der Waals surface area contributed by atoms with Gasteiger partial charge >= 0.3 is 0 Å². The van der Waals surface area contributed by atoms with Crippen molar-refractivity contribution >= 4 is 0 Å². The van der Waals surface area contributed by atoms with Crippen LogP contribution >= 0.6 is 0 Å². The predicted molar refractivity (Wildman–Crippen MR) is 59.6 cm³/mol. The molecule has 2 N–H and O–H groups in total. The lowest BCUT2D eigenvalue weighted by Gasteiger charge is -2.12. The molecular weight excluding hydrogens is 190 g/mol. The maximum absolute atomic E-state index is 5.50. The third kappa shape index (κ3) is 3.57. The van der Waals surface area contributed by atoms with Crippen molar-refractivity contribution in [2.45, 2.75) is 33.3 Å². The summed E-state index contributed by atoms with van der Waals surface area (Å²) in [6.45, 7) is 7.17. The van der Waals surface area contributed by atoms with E-state index in [-0.39, 0.29) is 6.10 Å². The van der Waals surface area contributed by atoms with Crippen LogP contribution in [0.25, 0.3) is 0 Å². The van der Waals surface area contributed by atoms with Crippen molar-refractivity contribution in [2.75, 3.05) is 13.2 Å². The van der Waals surface area contributed by atoms with Gasteiger partial charge in [-0.2, -0.15) is 0 Å². The minimum atomic E-state index is -0.0496. The number of aromatic nitrogens is 2. The maximum Gasteiger partial charge on any atom is 0.157 e. The molecule has 0 saturated heterocycles. The van der Waals surface area contributed by atoms with Gasteiger partial charge in [-0.3, -0.25) is 0 Å². The Morgan fingerprint density at radius 2 is 2.20 bits per heavy atom. The van der Waals surface area contributed by atoms with Crippen LogP contribution in [0.15, 0.2) is 6.07 Å². The third-order valence-electron chi connectivity index (χ3n) is 2.11. The van der Waals surface area contributed by atoms with Crippen LogP contribution in [-0.2, 0) is 11.2 Å². The molecule has 0 amide bonds. The molecule has 1 aromatic heterocycles. The summed E-state index contributed by atoms with van der Waals surface area (Å²) in [5.74, 6) is 0.750. The molecular formula is C11H19N3O. The molecule has 0 aliphatic heterocycles. The van der Waals surface area contributed by atoms with Gasteiger partial charge in [-0.05, 0) is 33.4 Å². The summed E-state index contributed by atoms with van der Waals surface area (Å²) < 4.78 is 5.46. The molecule has 0 bridgehead atoms. The predicted octanol–water partition coefficient (Wildman–Crippen LogP) is 1.38. The number of ether oxygens (including phenoxy) is 1. The average molecular weight is 209 g/mol. The summed E-state index contributed by atoms with van der Waals surface area (Å²) >= 11 is 0. The van der Waals surface area contributed by atoms with Crippen LogP contribution in [0.1, 0.15) is 37.2 Å². The highest BCUT2D eigenvalue weighted by molar-refractivity contribution is 5.11. The van der Waals surface area contributed by atoms with Gasteiger partial charge in [0.05, 0.1) is 0 Å². The first kappa shape index (κ1) is 12.1. The first-order chi connectivity index (χ1) is 7.17. The van der Waals surface area contributed by atoms with E-state index in [0.717, 1.165) is 23.6 Å². The average Bonchev–Trinajstić information content (AvgIpc) is 2.17. The molecule has 0 aliphatic carbocycles. The monoisotopic (exact) mass is 209 g/mol. The lowest BCUT2D eigenvalue weighted by Crippen LogP contribution is -2.11. The first-order valence-corrected chi connectivity index (χ1v) is 5.33. The van der Waals surface area contributed by atoms with Gasteiger partial charge in [0.25, 0.3) is 0 Å². The minimum absolute atomic E-state index is 0.0496. The van der Waals surface area contributed by atoms with E-state index in [1.165, 1.54) is 0 Å². The quantitative estimate of drug-likeness (QED) is 0.796. The molecule has 4 nitrogen and oxygen atoms in total. The van der Waals surface area contributed by atoms with Crippen LogP contribution < -0.4 is 5.73 Å². The second-order valence-electron chi connectivity index (χ2n) is 3.50. The minimum Gasteiger partial charge on any atom is -0.371 e. The summed E-state index contributed by atoms with van der Waals surface area (Å²) in [5, 5.41) is 0. The molecule has 0 radical (unpaired) electrons. The fourth-order valence-electron chi connectivity index (χ4n) is 1.44. The summed E-state index contributed by atoms with van der Waals surface area (Å²) in [6.07, 6.45) is 0.737. The van der Waals surface area contributed by atoms with Crippen molar-refractivity contribution in [1.82, 2.24) is 9.97 Å². The second-order valence-corrected chi connectivity index (χ2v) is 3.50. The molecule has 0 saturated carbocycles. The first-order valence-electron chi connectivity index (χ1n) is 5.33. The Kier molecular flexibility index (Phi) is 4.65. The molecule has 1 rings (SSSR count). The highest BCUT2D eigenvalue weighted by Gasteiger charge is 2.10. The van der Waals surface area contributed by atoms with Crippen LogP contribution in [0, 0.1) is 6.92 Å². The zero-order valence-electron chi connectivity index (χ0n) is 9.66. The summed E-state index contributed by atoms with van der Waals surface area (Å²) in [7, 11) is 0. The Balaban J connectivity index is 2.87. The van der Waals surface area contributed by atoms with Crippen LogP contribution in [-0.4, -0.2) is 23.1 Å². The maximum atomic E-state index is 5.50. The van der Waals surface area contributed by atoms with Gasteiger partial charge in [-0.25, -0.2) is 9.97 Å². The Labute approximate surface area is 90.9 Å². The summed E-state index contributed by atoms with van der Waals surface area (Å²) in [4.78, 5) is 8.78. The number of hydrogen-bond acceptors (Lipinski definition) is 4. The molecule has 4 heteroatoms. The van der Waals surface area contributed by atoms with Crippen LogP contribution in [0.3, 0.4) is 0 Å². The standard InChI is InChI=1S/C11H19N3O/c1-4-15-9(3)11-13-8(2)7-10(14-11)5-6-12/h7,9H,4-6,12H2,1-3H3. The molecule has 1 aromatic rings. The molecule has 0 spiro atoms. The molecule has 84 valence electrons. The fraction of sp³-hybridized carbons (Fsp3) is 0.636. The number of nitrogens with two attached hydrogens (primary N) is 1. The number of nitrogens with zero attached hydrogens (tertiary/aromatic N) is 2. The van der Waals surface area contributed by atoms with E-state index in [2.05, 4.69) is 9.97 Å². The zero-order chi connectivity index (χ0) is 11.3. The fourth-order valence-corrected chi connectivity index (χ4v) is 1.44. The lowest BCUT2D eigenvalue weighted by atomic mass is 10.2. The number of rotatable bonds is 5. The van der Waals surface area contributed by atoms with E-state index in [0.29, 0.717) is 13.2 Å². The highest BCUT2D eigenvalue weighted by Crippen LogP contribution is 2.13. The van der Waals surface area contributed by atoms with E-state index >= 15 is 0 Å². The molecule has 1 heterocycles. The smallest absolute Gasteiger partial charge is 0.157 e. The van der Waals surface area contributed by atoms with Crippen LogP contribution in [0.4, 0.5) is 0 Å². The van der Waals surface area contributed by atoms with Crippen molar-refractivity contribution in [3.05, 3.63) is 23.3 Å². The van der Waals surface area contributed by atoms with E-state index in [1.54, 1.807) is 0 Å². The van der Waals surface area contributed by atoms with Gasteiger partial charge < -0.3 is 10.5 Å². The Morgan fingerprint density at radius 3 is 2.80 bits per heavy atom. The van der Waals surface area contributed by atoms with Crippen molar-refractivity contribution in [1.29, 1.82) is 0 Å². The van der Waals surface area contributed by atoms with Crippen molar-refractivity contribution in [3.8, 4) is 0 Å². The van der Waals surface area contributed by atoms with Crippen molar-refractivity contribution in [2.24, 2.45) is 5.73 Å². The van der Waals surface area contributed by atoms with Gasteiger partial charge in [0.2, 0.25) is 0 Å². The highest BCUT2D eigenvalue weighted by atomic mass is 16.5. The summed E-state index contributed by atoms with van der Waals surface area (Å²) in [6, 6.07) is 1.97. The largest absolute Gasteiger partial charge is 0.371 e. The van der Waals surface area contributed by atoms with E-state index in [4.69, 9.17) is 10.5 Å². The Bertz CT molecular complexity index is 315. The van der Waals surface area contributed by atoms with Gasteiger partial charge in [-0.1, -0.05) is 0 Å². The van der Waals surface area contributed by atoms with Gasteiger partial charge in [0.15, 0.2) is 5.82 Å². The molecule has 1 unspecified atom stereocenters. The molecule has 15 heavy (non-hydrogen) atoms. The Hall–Kier alpha value is -1.00. The van der Waals surface area contributed by atoms with Gasteiger partial charge in [0, 0.05) is 24.4 Å². The van der Waals surface area contributed by atoms with Gasteiger partial charge in [-0.15, -0.1) is 0 Å². The van der Waals surface area contributed by atoms with Crippen molar-refractivity contribution in [3.63, 3.8) is 0 Å². The lowest BCUT2D eigenvalue weighted by molar-refractivity contribution is 0.0697. The number of hydrogen-bond donors (Lipinski definition) is 1. The van der Waals surface area contributed by atoms with Crippen LogP contribution in [0.5, 0.6) is 0 Å². The summed E-state index contributed by atoms with van der Waals surface area (Å²) in [5.41, 5.74) is 7.46. The normalized spacial score (nSPS) is 12.8. The second kappa shape index (κ2) is 5.78. The number of aryl methyl sites for hydroxylation is 1. The van der Waals surface area contributed by atoms with E-state index in [9.17, 15) is 0 Å². The Morgan fingerprint density at radius 1 is 1.47 bits per heavy atom. The van der Waals surface area contributed by atoms with Crippen molar-refractivity contribution < 1.29 is 4.74 Å². The van der Waals surface area contributed by atoms with E-state index in [1.807, 2.05) is 26.8 Å². The van der Waals surface area contributed by atoms with Crippen LogP contribution in [0.2, 0.25) is 0 Å². The molecule has 0 fully saturated rings. The van der Waals surface area contributed by atoms with E-state index < -0.39 is 0 Å². The zero-order valence-corrected chi connectivity index (χ0v) is 9.66.